The summed E-state index contributed by atoms with van der Waals surface area (Å²) in [6.07, 6.45) is 5.68. The van der Waals surface area contributed by atoms with Crippen LogP contribution in [0.2, 0.25) is 0 Å². The number of benzene rings is 1. The van der Waals surface area contributed by atoms with E-state index in [4.69, 9.17) is 0 Å². The van der Waals surface area contributed by atoms with Crippen molar-refractivity contribution in [3.05, 3.63) is 47.5 Å². The third kappa shape index (κ3) is 4.53. The number of amides is 2. The lowest BCUT2D eigenvalue weighted by Gasteiger charge is -2.15. The third-order valence-electron chi connectivity index (χ3n) is 5.11. The average Bonchev–Trinajstić information content (AvgIpc) is 3.30. The molecule has 0 aliphatic heterocycles. The molecule has 1 saturated carbocycles. The van der Waals surface area contributed by atoms with Gasteiger partial charge in [0.25, 0.3) is 0 Å². The molecule has 1 aromatic carbocycles. The summed E-state index contributed by atoms with van der Waals surface area (Å²) in [5.41, 5.74) is 2.49. The van der Waals surface area contributed by atoms with E-state index in [0.29, 0.717) is 0 Å². The van der Waals surface area contributed by atoms with Crippen LogP contribution in [0.15, 0.2) is 30.5 Å². The molecule has 144 valence electrons. The summed E-state index contributed by atoms with van der Waals surface area (Å²) in [4.78, 5) is 24.2. The van der Waals surface area contributed by atoms with Crippen molar-refractivity contribution in [2.24, 2.45) is 5.92 Å². The molecule has 6 nitrogen and oxygen atoms in total. The normalized spacial score (nSPS) is 15.5. The highest BCUT2D eigenvalue weighted by molar-refractivity contribution is 5.86. The molecule has 1 heterocycles. The predicted molar refractivity (Wildman–Crippen MR) is 99.8 cm³/mol. The van der Waals surface area contributed by atoms with E-state index in [1.165, 1.54) is 12.1 Å². The van der Waals surface area contributed by atoms with Crippen molar-refractivity contribution < 1.29 is 14.0 Å². The van der Waals surface area contributed by atoms with Crippen LogP contribution in [0, 0.1) is 18.7 Å². The van der Waals surface area contributed by atoms with Crippen molar-refractivity contribution in [3.8, 4) is 5.69 Å². The van der Waals surface area contributed by atoms with Crippen LogP contribution in [0.3, 0.4) is 0 Å². The summed E-state index contributed by atoms with van der Waals surface area (Å²) in [7, 11) is 0. The lowest BCUT2D eigenvalue weighted by molar-refractivity contribution is -0.128. The molecule has 1 aliphatic rings. The molecule has 7 heteroatoms. The number of aromatic nitrogens is 2. The SMILES string of the molecule is Cc1c(C(C)NC(=O)CNC(=O)C2CCCC2)cnn1-c1ccc(F)cc1. The van der Waals surface area contributed by atoms with Gasteiger partial charge in [0.2, 0.25) is 11.8 Å². The average molecular weight is 372 g/mol. The number of rotatable bonds is 6. The van der Waals surface area contributed by atoms with Crippen LogP contribution >= 0.6 is 0 Å². The molecular formula is C20H25FN4O2. The molecule has 1 atom stereocenters. The second-order valence-corrected chi connectivity index (χ2v) is 7.06. The molecule has 2 aromatic rings. The number of carbonyl (C=O) groups is 2. The molecule has 27 heavy (non-hydrogen) atoms. The Bertz CT molecular complexity index is 810. The Morgan fingerprint density at radius 1 is 1.26 bits per heavy atom. The molecular weight excluding hydrogens is 347 g/mol. The van der Waals surface area contributed by atoms with E-state index in [2.05, 4.69) is 15.7 Å². The van der Waals surface area contributed by atoms with E-state index in [0.717, 1.165) is 42.6 Å². The van der Waals surface area contributed by atoms with Crippen molar-refractivity contribution in [1.82, 2.24) is 20.4 Å². The lowest BCUT2D eigenvalue weighted by atomic mass is 10.1. The maximum absolute atomic E-state index is 13.1. The number of nitrogens with one attached hydrogen (secondary N) is 2. The predicted octanol–water partition coefficient (Wildman–Crippen LogP) is 2.80. The summed E-state index contributed by atoms with van der Waals surface area (Å²) >= 11 is 0. The molecule has 3 rings (SSSR count). The maximum atomic E-state index is 13.1. The molecule has 2 N–H and O–H groups in total. The first kappa shape index (κ1) is 19.1. The second kappa shape index (κ2) is 8.33. The molecule has 1 aliphatic carbocycles. The lowest BCUT2D eigenvalue weighted by Crippen LogP contribution is -2.40. The number of hydrogen-bond donors (Lipinski definition) is 2. The van der Waals surface area contributed by atoms with E-state index >= 15 is 0 Å². The highest BCUT2D eigenvalue weighted by Crippen LogP contribution is 2.24. The van der Waals surface area contributed by atoms with Gasteiger partial charge in [0.05, 0.1) is 24.5 Å². The van der Waals surface area contributed by atoms with Crippen LogP contribution in [-0.4, -0.2) is 28.1 Å². The largest absolute Gasteiger partial charge is 0.348 e. The minimum Gasteiger partial charge on any atom is -0.348 e. The highest BCUT2D eigenvalue weighted by atomic mass is 19.1. The van der Waals surface area contributed by atoms with Gasteiger partial charge in [0.15, 0.2) is 0 Å². The van der Waals surface area contributed by atoms with E-state index < -0.39 is 0 Å². The number of carbonyl (C=O) groups excluding carboxylic acids is 2. The standard InChI is InChI=1S/C20H25FN4O2/c1-13(24-19(26)12-22-20(27)15-5-3-4-6-15)18-11-23-25(14(18)2)17-9-7-16(21)8-10-17/h7-11,13,15H,3-6,12H2,1-2H3,(H,22,27)(H,24,26). The zero-order chi connectivity index (χ0) is 19.4. The van der Waals surface area contributed by atoms with E-state index in [9.17, 15) is 14.0 Å². The number of nitrogens with zero attached hydrogens (tertiary/aromatic N) is 2. The van der Waals surface area contributed by atoms with Crippen molar-refractivity contribution in [3.63, 3.8) is 0 Å². The molecule has 1 unspecified atom stereocenters. The van der Waals surface area contributed by atoms with Gasteiger partial charge in [-0.1, -0.05) is 12.8 Å². The Kier molecular flexibility index (Phi) is 5.88. The molecule has 1 fully saturated rings. The van der Waals surface area contributed by atoms with Gasteiger partial charge in [-0.05, 0) is 51.0 Å². The van der Waals surface area contributed by atoms with Crippen LogP contribution < -0.4 is 10.6 Å². The highest BCUT2D eigenvalue weighted by Gasteiger charge is 2.23. The summed E-state index contributed by atoms with van der Waals surface area (Å²) in [6, 6.07) is 5.82. The molecule has 1 aromatic heterocycles. The topological polar surface area (TPSA) is 76.0 Å². The van der Waals surface area contributed by atoms with Gasteiger partial charge in [-0.2, -0.15) is 5.10 Å². The summed E-state index contributed by atoms with van der Waals surface area (Å²) < 4.78 is 14.8. The van der Waals surface area contributed by atoms with Crippen molar-refractivity contribution in [2.45, 2.75) is 45.6 Å². The maximum Gasteiger partial charge on any atom is 0.239 e. The van der Waals surface area contributed by atoms with Gasteiger partial charge in [0, 0.05) is 17.2 Å². The van der Waals surface area contributed by atoms with Gasteiger partial charge in [-0.15, -0.1) is 0 Å². The first-order valence-corrected chi connectivity index (χ1v) is 9.33. The molecule has 0 radical (unpaired) electrons. The first-order chi connectivity index (χ1) is 13.0. The number of hydrogen-bond acceptors (Lipinski definition) is 3. The van der Waals surface area contributed by atoms with Crippen molar-refractivity contribution in [1.29, 1.82) is 0 Å². The van der Waals surface area contributed by atoms with Crippen LogP contribution in [0.4, 0.5) is 4.39 Å². The van der Waals surface area contributed by atoms with E-state index in [-0.39, 0.29) is 36.1 Å². The van der Waals surface area contributed by atoms with E-state index in [1.54, 1.807) is 23.0 Å². The monoisotopic (exact) mass is 372 g/mol. The fraction of sp³-hybridized carbons (Fsp3) is 0.450. The minimum absolute atomic E-state index is 0.0230. The van der Waals surface area contributed by atoms with Crippen LogP contribution in [0.1, 0.15) is 49.9 Å². The van der Waals surface area contributed by atoms with Gasteiger partial charge in [-0.3, -0.25) is 9.59 Å². The zero-order valence-electron chi connectivity index (χ0n) is 15.7. The fourth-order valence-corrected chi connectivity index (χ4v) is 3.56. The summed E-state index contributed by atoms with van der Waals surface area (Å²) in [6.45, 7) is 3.75. The Hall–Kier alpha value is -2.70. The fourth-order valence-electron chi connectivity index (χ4n) is 3.56. The molecule has 2 amide bonds. The van der Waals surface area contributed by atoms with Gasteiger partial charge >= 0.3 is 0 Å². The van der Waals surface area contributed by atoms with Gasteiger partial charge in [-0.25, -0.2) is 9.07 Å². The van der Waals surface area contributed by atoms with E-state index in [1.807, 2.05) is 13.8 Å². The molecule has 0 saturated heterocycles. The Balaban J connectivity index is 1.57. The first-order valence-electron chi connectivity index (χ1n) is 9.33. The third-order valence-corrected chi connectivity index (χ3v) is 5.11. The van der Waals surface area contributed by atoms with Crippen molar-refractivity contribution >= 4 is 11.8 Å². The zero-order valence-corrected chi connectivity index (χ0v) is 15.7. The Morgan fingerprint density at radius 3 is 2.59 bits per heavy atom. The number of halogens is 1. The van der Waals surface area contributed by atoms with Crippen LogP contribution in [0.5, 0.6) is 0 Å². The molecule has 0 bridgehead atoms. The Morgan fingerprint density at radius 2 is 1.93 bits per heavy atom. The summed E-state index contributed by atoms with van der Waals surface area (Å²) in [5.74, 6) is -0.520. The second-order valence-electron chi connectivity index (χ2n) is 7.06. The van der Waals surface area contributed by atoms with Gasteiger partial charge < -0.3 is 10.6 Å². The quantitative estimate of drug-likeness (QED) is 0.819. The van der Waals surface area contributed by atoms with Crippen LogP contribution in [0.25, 0.3) is 5.69 Å². The minimum atomic E-state index is -0.302. The Labute approximate surface area is 158 Å². The summed E-state index contributed by atoms with van der Waals surface area (Å²) in [5, 5.41) is 9.96. The van der Waals surface area contributed by atoms with Crippen LogP contribution in [-0.2, 0) is 9.59 Å². The van der Waals surface area contributed by atoms with Crippen molar-refractivity contribution in [2.75, 3.05) is 6.54 Å². The smallest absolute Gasteiger partial charge is 0.239 e. The van der Waals surface area contributed by atoms with Gasteiger partial charge in [0.1, 0.15) is 5.82 Å². The molecule has 0 spiro atoms.